The lowest BCUT2D eigenvalue weighted by atomic mass is 9.96. The third-order valence-corrected chi connectivity index (χ3v) is 4.12. The Bertz CT molecular complexity index is 601. The minimum atomic E-state index is 0.140. The molecule has 1 aromatic carbocycles. The van der Waals surface area contributed by atoms with E-state index in [0.717, 1.165) is 23.2 Å². The van der Waals surface area contributed by atoms with Crippen molar-refractivity contribution in [1.29, 1.82) is 0 Å². The Morgan fingerprint density at radius 3 is 2.76 bits per heavy atom. The van der Waals surface area contributed by atoms with Gasteiger partial charge in [0.1, 0.15) is 5.75 Å². The maximum absolute atomic E-state index is 5.31. The van der Waals surface area contributed by atoms with Gasteiger partial charge >= 0.3 is 0 Å². The monoisotopic (exact) mass is 348 g/mol. The summed E-state index contributed by atoms with van der Waals surface area (Å²) in [5.74, 6) is 0.843. The van der Waals surface area contributed by atoms with Gasteiger partial charge in [0.05, 0.1) is 17.6 Å². The van der Waals surface area contributed by atoms with Crippen LogP contribution in [0, 0.1) is 6.92 Å². The van der Waals surface area contributed by atoms with Crippen molar-refractivity contribution in [2.24, 2.45) is 0 Å². The highest BCUT2D eigenvalue weighted by Gasteiger charge is 2.17. The van der Waals surface area contributed by atoms with Crippen molar-refractivity contribution in [2.45, 2.75) is 26.3 Å². The van der Waals surface area contributed by atoms with Crippen LogP contribution in [0.15, 0.2) is 41.1 Å². The van der Waals surface area contributed by atoms with Crippen LogP contribution in [0.25, 0.3) is 0 Å². The smallest absolute Gasteiger partial charge is 0.133 e. The summed E-state index contributed by atoms with van der Waals surface area (Å²) in [4.78, 5) is 4.28. The zero-order valence-electron chi connectivity index (χ0n) is 12.7. The van der Waals surface area contributed by atoms with E-state index in [1.165, 1.54) is 16.7 Å². The average Bonchev–Trinajstić information content (AvgIpc) is 2.49. The van der Waals surface area contributed by atoms with Crippen LogP contribution in [0.3, 0.4) is 0 Å². The molecule has 0 saturated heterocycles. The summed E-state index contributed by atoms with van der Waals surface area (Å²) in [6.45, 7) is 5.25. The van der Waals surface area contributed by atoms with E-state index in [1.807, 2.05) is 18.5 Å². The zero-order valence-corrected chi connectivity index (χ0v) is 14.3. The molecule has 0 aliphatic carbocycles. The number of hydrogen-bond donors (Lipinski definition) is 1. The van der Waals surface area contributed by atoms with Crippen LogP contribution < -0.4 is 10.1 Å². The van der Waals surface area contributed by atoms with E-state index in [0.29, 0.717) is 0 Å². The van der Waals surface area contributed by atoms with Gasteiger partial charge in [-0.05, 0) is 70.7 Å². The molecule has 2 aromatic rings. The first-order valence-corrected chi connectivity index (χ1v) is 7.94. The van der Waals surface area contributed by atoms with Gasteiger partial charge in [-0.1, -0.05) is 13.0 Å². The molecule has 0 aliphatic rings. The first kappa shape index (κ1) is 16.0. The van der Waals surface area contributed by atoms with Crippen molar-refractivity contribution < 1.29 is 4.74 Å². The highest BCUT2D eigenvalue weighted by molar-refractivity contribution is 9.10. The third-order valence-electron chi connectivity index (χ3n) is 3.50. The van der Waals surface area contributed by atoms with E-state index in [4.69, 9.17) is 4.74 Å². The molecule has 0 amide bonds. The molecule has 1 unspecified atom stereocenters. The fraction of sp³-hybridized carbons (Fsp3) is 0.353. The second kappa shape index (κ2) is 7.57. The summed E-state index contributed by atoms with van der Waals surface area (Å²) in [6, 6.07) is 8.39. The number of aromatic nitrogens is 1. The lowest BCUT2D eigenvalue weighted by Crippen LogP contribution is -2.24. The lowest BCUT2D eigenvalue weighted by molar-refractivity contribution is 0.411. The average molecular weight is 349 g/mol. The van der Waals surface area contributed by atoms with Gasteiger partial charge in [-0.15, -0.1) is 0 Å². The topological polar surface area (TPSA) is 34.1 Å². The van der Waals surface area contributed by atoms with Crippen molar-refractivity contribution in [3.8, 4) is 5.75 Å². The van der Waals surface area contributed by atoms with Crippen LogP contribution in [0.2, 0.25) is 0 Å². The maximum atomic E-state index is 5.31. The molecule has 112 valence electrons. The zero-order chi connectivity index (χ0) is 15.2. The predicted molar refractivity (Wildman–Crippen MR) is 89.8 cm³/mol. The Kier molecular flexibility index (Phi) is 5.76. The molecular weight excluding hydrogens is 328 g/mol. The molecule has 0 aliphatic heterocycles. The van der Waals surface area contributed by atoms with Crippen molar-refractivity contribution in [3.63, 3.8) is 0 Å². The minimum Gasteiger partial charge on any atom is -0.496 e. The summed E-state index contributed by atoms with van der Waals surface area (Å²) in [5.41, 5.74) is 3.65. The molecule has 1 atom stereocenters. The number of halogens is 1. The summed E-state index contributed by atoms with van der Waals surface area (Å²) >= 11 is 3.57. The van der Waals surface area contributed by atoms with E-state index in [9.17, 15) is 0 Å². The van der Waals surface area contributed by atoms with Gasteiger partial charge in [0.15, 0.2) is 0 Å². The number of hydrogen-bond acceptors (Lipinski definition) is 3. The van der Waals surface area contributed by atoms with Crippen LogP contribution in [-0.4, -0.2) is 18.6 Å². The normalized spacial score (nSPS) is 12.2. The summed E-state index contributed by atoms with van der Waals surface area (Å²) < 4.78 is 6.28. The van der Waals surface area contributed by atoms with Gasteiger partial charge in [0.2, 0.25) is 0 Å². The second-order valence-corrected chi connectivity index (χ2v) is 5.87. The number of ether oxygens (including phenoxy) is 1. The Labute approximate surface area is 134 Å². The van der Waals surface area contributed by atoms with E-state index in [1.54, 1.807) is 7.11 Å². The van der Waals surface area contributed by atoms with Crippen LogP contribution in [-0.2, 0) is 0 Å². The molecule has 3 nitrogen and oxygen atoms in total. The Hall–Kier alpha value is -1.39. The molecule has 1 heterocycles. The SMILES string of the molecule is CCCNC(c1ccc(OC)c(Br)c1)c1cnccc1C. The molecule has 1 aromatic heterocycles. The standard InChI is InChI=1S/C17H21BrN2O/c1-4-8-20-17(14-11-19-9-7-12(14)2)13-5-6-16(21-3)15(18)10-13/h5-7,9-11,17,20H,4,8H2,1-3H3. The summed E-state index contributed by atoms with van der Waals surface area (Å²) in [6.07, 6.45) is 4.87. The highest BCUT2D eigenvalue weighted by Crippen LogP contribution is 2.31. The molecule has 0 spiro atoms. The molecule has 1 N–H and O–H groups in total. The van der Waals surface area contributed by atoms with Gasteiger partial charge < -0.3 is 10.1 Å². The van der Waals surface area contributed by atoms with E-state index < -0.39 is 0 Å². The highest BCUT2D eigenvalue weighted by atomic mass is 79.9. The van der Waals surface area contributed by atoms with E-state index in [-0.39, 0.29) is 6.04 Å². The molecule has 0 saturated carbocycles. The molecule has 0 radical (unpaired) electrons. The fourth-order valence-corrected chi connectivity index (χ4v) is 2.90. The van der Waals surface area contributed by atoms with Gasteiger partial charge in [-0.3, -0.25) is 4.98 Å². The number of pyridine rings is 1. The number of rotatable bonds is 6. The first-order valence-electron chi connectivity index (χ1n) is 7.14. The fourth-order valence-electron chi connectivity index (χ4n) is 2.34. The number of nitrogens with zero attached hydrogens (tertiary/aromatic N) is 1. The number of nitrogens with one attached hydrogen (secondary N) is 1. The quantitative estimate of drug-likeness (QED) is 0.847. The Morgan fingerprint density at radius 1 is 1.33 bits per heavy atom. The van der Waals surface area contributed by atoms with Crippen molar-refractivity contribution in [1.82, 2.24) is 10.3 Å². The summed E-state index contributed by atoms with van der Waals surface area (Å²) in [7, 11) is 1.68. The van der Waals surface area contributed by atoms with Gasteiger partial charge in [-0.25, -0.2) is 0 Å². The van der Waals surface area contributed by atoms with Crippen molar-refractivity contribution in [3.05, 3.63) is 57.8 Å². The molecule has 4 heteroatoms. The summed E-state index contributed by atoms with van der Waals surface area (Å²) in [5, 5.41) is 3.61. The first-order chi connectivity index (χ1) is 10.2. The number of methoxy groups -OCH3 is 1. The largest absolute Gasteiger partial charge is 0.496 e. The number of benzene rings is 1. The number of aryl methyl sites for hydroxylation is 1. The molecule has 0 bridgehead atoms. The molecule has 21 heavy (non-hydrogen) atoms. The lowest BCUT2D eigenvalue weighted by Gasteiger charge is -2.21. The van der Waals surface area contributed by atoms with E-state index >= 15 is 0 Å². The van der Waals surface area contributed by atoms with Gasteiger partial charge in [-0.2, -0.15) is 0 Å². The van der Waals surface area contributed by atoms with E-state index in [2.05, 4.69) is 58.3 Å². The van der Waals surface area contributed by atoms with Crippen LogP contribution in [0.4, 0.5) is 0 Å². The van der Waals surface area contributed by atoms with Gasteiger partial charge in [0, 0.05) is 12.4 Å². The van der Waals surface area contributed by atoms with Crippen LogP contribution in [0.5, 0.6) is 5.75 Å². The van der Waals surface area contributed by atoms with Crippen LogP contribution >= 0.6 is 15.9 Å². The Morgan fingerprint density at radius 2 is 2.14 bits per heavy atom. The molecule has 2 rings (SSSR count). The van der Waals surface area contributed by atoms with Crippen molar-refractivity contribution in [2.75, 3.05) is 13.7 Å². The van der Waals surface area contributed by atoms with Crippen molar-refractivity contribution >= 4 is 15.9 Å². The van der Waals surface area contributed by atoms with Crippen LogP contribution in [0.1, 0.15) is 36.1 Å². The third kappa shape index (κ3) is 3.83. The molecular formula is C17H21BrN2O. The predicted octanol–water partition coefficient (Wildman–Crippen LogP) is 4.25. The second-order valence-electron chi connectivity index (χ2n) is 5.01. The molecule has 0 fully saturated rings. The minimum absolute atomic E-state index is 0.140. The van der Waals surface area contributed by atoms with Gasteiger partial charge in [0.25, 0.3) is 0 Å². The maximum Gasteiger partial charge on any atom is 0.133 e. The Balaban J connectivity index is 2.40.